The zero-order valence-corrected chi connectivity index (χ0v) is 15.3. The minimum Gasteiger partial charge on any atom is -0.493 e. The van der Waals surface area contributed by atoms with E-state index in [1.54, 1.807) is 0 Å². The van der Waals surface area contributed by atoms with Crippen molar-refractivity contribution in [3.05, 3.63) is 28.2 Å². The summed E-state index contributed by atoms with van der Waals surface area (Å²) < 4.78 is 6.94. The van der Waals surface area contributed by atoms with E-state index in [0.29, 0.717) is 0 Å². The molecule has 1 atom stereocenters. The van der Waals surface area contributed by atoms with Gasteiger partial charge in [0.15, 0.2) is 0 Å². The van der Waals surface area contributed by atoms with Gasteiger partial charge < -0.3 is 10.1 Å². The molecular weight excluding hydrogens is 326 g/mol. The monoisotopic (exact) mass is 355 g/mol. The van der Waals surface area contributed by atoms with Gasteiger partial charge in [-0.2, -0.15) is 0 Å². The summed E-state index contributed by atoms with van der Waals surface area (Å²) in [7, 11) is 0. The number of hydrogen-bond acceptors (Lipinski definition) is 2. The lowest BCUT2D eigenvalue weighted by Gasteiger charge is -2.17. The molecule has 0 saturated carbocycles. The fourth-order valence-electron chi connectivity index (χ4n) is 2.39. The quantitative estimate of drug-likeness (QED) is 0.562. The van der Waals surface area contributed by atoms with E-state index < -0.39 is 0 Å². The van der Waals surface area contributed by atoms with Crippen LogP contribution in [0.5, 0.6) is 5.75 Å². The highest BCUT2D eigenvalue weighted by molar-refractivity contribution is 9.10. The second-order valence-electron chi connectivity index (χ2n) is 5.65. The topological polar surface area (TPSA) is 21.3 Å². The van der Waals surface area contributed by atoms with Gasteiger partial charge in [-0.3, -0.25) is 0 Å². The number of hydrogen-bond donors (Lipinski definition) is 1. The third kappa shape index (κ3) is 7.32. The maximum Gasteiger partial charge on any atom is 0.123 e. The Balaban J connectivity index is 2.50. The van der Waals surface area contributed by atoms with E-state index in [9.17, 15) is 0 Å². The highest BCUT2D eigenvalue weighted by Crippen LogP contribution is 2.23. The van der Waals surface area contributed by atoms with Crippen molar-refractivity contribution in [3.63, 3.8) is 0 Å². The predicted octanol–water partition coefficient (Wildman–Crippen LogP) is 5.54. The average molecular weight is 356 g/mol. The van der Waals surface area contributed by atoms with Gasteiger partial charge >= 0.3 is 0 Å². The molecule has 1 aromatic rings. The fraction of sp³-hybridized carbons (Fsp3) is 0.667. The van der Waals surface area contributed by atoms with Crippen LogP contribution in [0.3, 0.4) is 0 Å². The molecule has 0 aliphatic heterocycles. The molecule has 1 N–H and O–H groups in total. The molecule has 1 rings (SSSR count). The molecule has 0 saturated heterocycles. The van der Waals surface area contributed by atoms with Crippen LogP contribution >= 0.6 is 15.9 Å². The van der Waals surface area contributed by atoms with Crippen LogP contribution in [0.25, 0.3) is 0 Å². The first-order chi connectivity index (χ1) is 10.2. The van der Waals surface area contributed by atoms with Crippen molar-refractivity contribution in [2.24, 2.45) is 5.92 Å². The van der Waals surface area contributed by atoms with Gasteiger partial charge in [0.2, 0.25) is 0 Å². The summed E-state index contributed by atoms with van der Waals surface area (Å²) in [6.45, 7) is 9.44. The summed E-state index contributed by atoms with van der Waals surface area (Å²) in [5.74, 6) is 1.80. The van der Waals surface area contributed by atoms with Crippen LogP contribution in [0.2, 0.25) is 0 Å². The summed E-state index contributed by atoms with van der Waals surface area (Å²) in [6, 6.07) is 6.26. The molecular formula is C18H30BrNO. The Kier molecular flexibility index (Phi) is 9.77. The maximum absolute atomic E-state index is 5.83. The first kappa shape index (κ1) is 18.5. The molecule has 0 heterocycles. The number of halogens is 1. The number of unbranched alkanes of at least 4 members (excludes halogenated alkanes) is 1. The van der Waals surface area contributed by atoms with Crippen LogP contribution in [0.1, 0.15) is 58.4 Å². The Morgan fingerprint density at radius 1 is 1.19 bits per heavy atom. The zero-order valence-electron chi connectivity index (χ0n) is 13.8. The van der Waals surface area contributed by atoms with Crippen LogP contribution in [-0.2, 0) is 6.54 Å². The molecule has 0 fully saturated rings. The van der Waals surface area contributed by atoms with Crippen LogP contribution in [0.15, 0.2) is 22.7 Å². The van der Waals surface area contributed by atoms with Crippen molar-refractivity contribution in [3.8, 4) is 5.75 Å². The molecule has 0 aliphatic rings. The molecule has 3 heteroatoms. The van der Waals surface area contributed by atoms with Crippen molar-refractivity contribution in [1.29, 1.82) is 0 Å². The summed E-state index contributed by atoms with van der Waals surface area (Å²) in [5, 5.41) is 3.60. The molecule has 1 unspecified atom stereocenters. The molecule has 0 radical (unpaired) electrons. The highest BCUT2D eigenvalue weighted by atomic mass is 79.9. The first-order valence-electron chi connectivity index (χ1n) is 8.33. The summed E-state index contributed by atoms with van der Waals surface area (Å²) in [5.41, 5.74) is 1.24. The van der Waals surface area contributed by atoms with Gasteiger partial charge in [0, 0.05) is 16.6 Å². The summed E-state index contributed by atoms with van der Waals surface area (Å²) in [6.07, 6.45) is 6.25. The lowest BCUT2D eigenvalue weighted by Crippen LogP contribution is -2.22. The summed E-state index contributed by atoms with van der Waals surface area (Å²) in [4.78, 5) is 0. The highest BCUT2D eigenvalue weighted by Gasteiger charge is 2.08. The normalized spacial score (nSPS) is 12.4. The largest absolute Gasteiger partial charge is 0.493 e. The molecule has 0 bridgehead atoms. The average Bonchev–Trinajstić information content (AvgIpc) is 2.49. The third-order valence-corrected chi connectivity index (χ3v) is 4.27. The van der Waals surface area contributed by atoms with Gasteiger partial charge in [-0.1, -0.05) is 56.0 Å². The SMILES string of the molecule is CCCCC(CC)CNCc1cc(Br)ccc1OCCC. The Labute approximate surface area is 138 Å². The van der Waals surface area contributed by atoms with E-state index in [4.69, 9.17) is 4.74 Å². The van der Waals surface area contributed by atoms with Crippen molar-refractivity contribution in [1.82, 2.24) is 5.32 Å². The molecule has 1 aromatic carbocycles. The first-order valence-corrected chi connectivity index (χ1v) is 9.12. The lowest BCUT2D eigenvalue weighted by atomic mass is 9.99. The fourth-order valence-corrected chi connectivity index (χ4v) is 2.80. The molecule has 0 aromatic heterocycles. The molecule has 0 amide bonds. The van der Waals surface area contributed by atoms with Crippen molar-refractivity contribution < 1.29 is 4.74 Å². The Hall–Kier alpha value is -0.540. The Morgan fingerprint density at radius 3 is 2.67 bits per heavy atom. The van der Waals surface area contributed by atoms with Gasteiger partial charge in [0.25, 0.3) is 0 Å². The molecule has 2 nitrogen and oxygen atoms in total. The second kappa shape index (κ2) is 11.1. The Morgan fingerprint density at radius 2 is 2.00 bits per heavy atom. The van der Waals surface area contributed by atoms with Crippen LogP contribution in [0, 0.1) is 5.92 Å². The van der Waals surface area contributed by atoms with E-state index >= 15 is 0 Å². The maximum atomic E-state index is 5.83. The molecule has 0 spiro atoms. The van der Waals surface area contributed by atoms with Crippen LogP contribution < -0.4 is 10.1 Å². The summed E-state index contributed by atoms with van der Waals surface area (Å²) >= 11 is 3.55. The van der Waals surface area contributed by atoms with E-state index in [-0.39, 0.29) is 0 Å². The number of ether oxygens (including phenoxy) is 1. The minimum absolute atomic E-state index is 0.780. The number of benzene rings is 1. The van der Waals surface area contributed by atoms with E-state index in [2.05, 4.69) is 54.2 Å². The van der Waals surface area contributed by atoms with E-state index in [1.165, 1.54) is 31.2 Å². The predicted molar refractivity (Wildman–Crippen MR) is 94.9 cm³/mol. The molecule has 120 valence electrons. The lowest BCUT2D eigenvalue weighted by molar-refractivity contribution is 0.312. The minimum atomic E-state index is 0.780. The van der Waals surface area contributed by atoms with Gasteiger partial charge in [0.1, 0.15) is 5.75 Å². The van der Waals surface area contributed by atoms with Crippen molar-refractivity contribution in [2.75, 3.05) is 13.2 Å². The van der Waals surface area contributed by atoms with Crippen LogP contribution in [-0.4, -0.2) is 13.2 Å². The van der Waals surface area contributed by atoms with Crippen molar-refractivity contribution in [2.45, 2.75) is 59.4 Å². The van der Waals surface area contributed by atoms with E-state index in [1.807, 2.05) is 6.07 Å². The Bertz CT molecular complexity index is 395. The number of nitrogens with one attached hydrogen (secondary N) is 1. The second-order valence-corrected chi connectivity index (χ2v) is 6.56. The molecule has 0 aliphatic carbocycles. The van der Waals surface area contributed by atoms with Gasteiger partial charge in [-0.25, -0.2) is 0 Å². The number of rotatable bonds is 11. The molecule has 21 heavy (non-hydrogen) atoms. The van der Waals surface area contributed by atoms with Crippen molar-refractivity contribution >= 4 is 15.9 Å². The van der Waals surface area contributed by atoms with Gasteiger partial charge in [-0.05, 0) is 43.5 Å². The standard InChI is InChI=1S/C18H30BrNO/c1-4-7-8-15(6-3)13-20-14-16-12-17(19)9-10-18(16)21-11-5-2/h9-10,12,15,20H,4-8,11,13-14H2,1-3H3. The van der Waals surface area contributed by atoms with Gasteiger partial charge in [-0.15, -0.1) is 0 Å². The smallest absolute Gasteiger partial charge is 0.123 e. The third-order valence-electron chi connectivity index (χ3n) is 3.78. The van der Waals surface area contributed by atoms with E-state index in [0.717, 1.165) is 42.3 Å². The zero-order chi connectivity index (χ0) is 15.5. The van der Waals surface area contributed by atoms with Crippen LogP contribution in [0.4, 0.5) is 0 Å². The van der Waals surface area contributed by atoms with Gasteiger partial charge in [0.05, 0.1) is 6.61 Å².